The summed E-state index contributed by atoms with van der Waals surface area (Å²) in [7, 11) is 0. The average molecular weight is 294 g/mol. The molecular weight excluding hydrogens is 277 g/mol. The minimum Gasteiger partial charge on any atom is -0.480 e. The van der Waals surface area contributed by atoms with Gasteiger partial charge in [-0.05, 0) is 25.7 Å². The summed E-state index contributed by atoms with van der Waals surface area (Å²) in [5, 5.41) is 9.02. The van der Waals surface area contributed by atoms with Crippen LogP contribution in [0, 0.1) is 5.92 Å². The van der Waals surface area contributed by atoms with Crippen molar-refractivity contribution in [1.82, 2.24) is 9.80 Å². The number of rotatable bonds is 1. The third kappa shape index (κ3) is 2.99. The quantitative estimate of drug-likeness (QED) is 0.804. The lowest BCUT2D eigenvalue weighted by atomic mass is 9.98. The normalized spacial score (nSPS) is 27.8. The second-order valence-electron chi connectivity index (χ2n) is 5.30. The lowest BCUT2D eigenvalue weighted by molar-refractivity contribution is -0.184. The van der Waals surface area contributed by atoms with Crippen LogP contribution in [0.4, 0.5) is 18.0 Å². The molecule has 0 spiro atoms. The Balaban J connectivity index is 2.03. The maximum absolute atomic E-state index is 12.7. The van der Waals surface area contributed by atoms with Gasteiger partial charge in [-0.15, -0.1) is 0 Å². The molecule has 1 unspecified atom stereocenters. The number of carboxylic acid groups (broad SMARTS) is 1. The molecule has 114 valence electrons. The Morgan fingerprint density at radius 3 is 2.35 bits per heavy atom. The van der Waals surface area contributed by atoms with Gasteiger partial charge in [0.25, 0.3) is 0 Å². The smallest absolute Gasteiger partial charge is 0.393 e. The summed E-state index contributed by atoms with van der Waals surface area (Å²) in [5.74, 6) is -2.61. The maximum atomic E-state index is 12.7. The fourth-order valence-electron chi connectivity index (χ4n) is 2.85. The Bertz CT molecular complexity index is 400. The van der Waals surface area contributed by atoms with Crippen molar-refractivity contribution in [3.8, 4) is 0 Å². The molecule has 1 N–H and O–H groups in total. The number of urea groups is 1. The molecule has 0 aromatic rings. The van der Waals surface area contributed by atoms with Crippen LogP contribution in [-0.2, 0) is 4.79 Å². The molecule has 20 heavy (non-hydrogen) atoms. The summed E-state index contributed by atoms with van der Waals surface area (Å²) in [6.07, 6.45) is -3.07. The van der Waals surface area contributed by atoms with Crippen molar-refractivity contribution in [2.45, 2.75) is 37.9 Å². The van der Waals surface area contributed by atoms with Gasteiger partial charge in [-0.1, -0.05) is 0 Å². The van der Waals surface area contributed by atoms with Gasteiger partial charge in [0, 0.05) is 19.6 Å². The zero-order valence-electron chi connectivity index (χ0n) is 10.9. The highest BCUT2D eigenvalue weighted by molar-refractivity contribution is 5.83. The van der Waals surface area contributed by atoms with E-state index in [2.05, 4.69) is 0 Å². The third-order valence-electron chi connectivity index (χ3n) is 3.94. The summed E-state index contributed by atoms with van der Waals surface area (Å²) < 4.78 is 38.1. The highest BCUT2D eigenvalue weighted by atomic mass is 19.4. The number of carbonyl (C=O) groups excluding carboxylic acids is 1. The minimum atomic E-state index is -4.31. The van der Waals surface area contributed by atoms with Crippen molar-refractivity contribution in [2.75, 3.05) is 19.6 Å². The van der Waals surface area contributed by atoms with Crippen LogP contribution < -0.4 is 0 Å². The van der Waals surface area contributed by atoms with Crippen LogP contribution in [0.2, 0.25) is 0 Å². The molecule has 0 aliphatic carbocycles. The van der Waals surface area contributed by atoms with Crippen molar-refractivity contribution in [1.29, 1.82) is 0 Å². The summed E-state index contributed by atoms with van der Waals surface area (Å²) in [6.45, 7) is 0.183. The van der Waals surface area contributed by atoms with Crippen molar-refractivity contribution in [2.24, 2.45) is 5.92 Å². The zero-order valence-corrected chi connectivity index (χ0v) is 10.9. The van der Waals surface area contributed by atoms with E-state index in [4.69, 9.17) is 5.11 Å². The molecule has 2 saturated heterocycles. The van der Waals surface area contributed by atoms with Crippen molar-refractivity contribution < 1.29 is 27.9 Å². The topological polar surface area (TPSA) is 60.9 Å². The Kier molecular flexibility index (Phi) is 4.10. The van der Waals surface area contributed by atoms with Crippen LogP contribution in [0.15, 0.2) is 0 Å². The molecule has 2 fully saturated rings. The first kappa shape index (κ1) is 14.9. The molecule has 2 aliphatic rings. The van der Waals surface area contributed by atoms with E-state index in [1.165, 1.54) is 4.90 Å². The summed E-state index contributed by atoms with van der Waals surface area (Å²) in [4.78, 5) is 25.6. The molecule has 8 heteroatoms. The first-order valence-electron chi connectivity index (χ1n) is 6.65. The van der Waals surface area contributed by atoms with Crippen LogP contribution in [0.25, 0.3) is 0 Å². The predicted octanol–water partition coefficient (Wildman–Crippen LogP) is 1.93. The number of halogens is 3. The largest absolute Gasteiger partial charge is 0.480 e. The van der Waals surface area contributed by atoms with E-state index in [-0.39, 0.29) is 19.5 Å². The third-order valence-corrected chi connectivity index (χ3v) is 3.94. The molecule has 0 saturated carbocycles. The summed E-state index contributed by atoms with van der Waals surface area (Å²) in [6, 6.07) is -1.49. The molecule has 2 amide bonds. The Hall–Kier alpha value is -1.47. The van der Waals surface area contributed by atoms with Gasteiger partial charge < -0.3 is 14.9 Å². The number of likely N-dealkylation sites (tertiary alicyclic amines) is 2. The van der Waals surface area contributed by atoms with Crippen LogP contribution in [-0.4, -0.2) is 58.8 Å². The summed E-state index contributed by atoms with van der Waals surface area (Å²) in [5.41, 5.74) is 0. The highest BCUT2D eigenvalue weighted by Gasteiger charge is 2.44. The van der Waals surface area contributed by atoms with E-state index in [0.717, 1.165) is 4.90 Å². The lowest BCUT2D eigenvalue weighted by Gasteiger charge is -2.36. The van der Waals surface area contributed by atoms with E-state index in [1.807, 2.05) is 0 Å². The number of aliphatic carboxylic acids is 1. The number of piperidine rings is 1. The second kappa shape index (κ2) is 5.49. The van der Waals surface area contributed by atoms with E-state index < -0.39 is 30.1 Å². The molecule has 0 bridgehead atoms. The number of alkyl halides is 3. The molecule has 0 aromatic heterocycles. The van der Waals surface area contributed by atoms with Crippen molar-refractivity contribution in [3.05, 3.63) is 0 Å². The van der Waals surface area contributed by atoms with Crippen LogP contribution in [0.5, 0.6) is 0 Å². The van der Waals surface area contributed by atoms with Gasteiger partial charge in [-0.2, -0.15) is 13.2 Å². The molecule has 2 heterocycles. The maximum Gasteiger partial charge on any atom is 0.393 e. The second-order valence-corrected chi connectivity index (χ2v) is 5.30. The van der Waals surface area contributed by atoms with Crippen LogP contribution in [0.1, 0.15) is 25.7 Å². The van der Waals surface area contributed by atoms with Gasteiger partial charge in [0.15, 0.2) is 0 Å². The van der Waals surface area contributed by atoms with Gasteiger partial charge in [0.05, 0.1) is 5.92 Å². The van der Waals surface area contributed by atoms with Gasteiger partial charge in [0.2, 0.25) is 0 Å². The fourth-order valence-corrected chi connectivity index (χ4v) is 2.85. The van der Waals surface area contributed by atoms with E-state index in [9.17, 15) is 22.8 Å². The fraction of sp³-hybridized carbons (Fsp3) is 0.833. The first-order valence-corrected chi connectivity index (χ1v) is 6.65. The number of carboxylic acids is 1. The van der Waals surface area contributed by atoms with Gasteiger partial charge in [-0.25, -0.2) is 9.59 Å². The average Bonchev–Trinajstić information content (AvgIpc) is 2.86. The Morgan fingerprint density at radius 1 is 1.10 bits per heavy atom. The molecule has 2 rings (SSSR count). The minimum absolute atomic E-state index is 0.0235. The van der Waals surface area contributed by atoms with E-state index in [1.54, 1.807) is 0 Å². The molecule has 2 aliphatic heterocycles. The van der Waals surface area contributed by atoms with E-state index >= 15 is 0 Å². The first-order chi connectivity index (χ1) is 9.30. The Labute approximate surface area is 114 Å². The van der Waals surface area contributed by atoms with E-state index in [0.29, 0.717) is 25.8 Å². The van der Waals surface area contributed by atoms with Crippen LogP contribution >= 0.6 is 0 Å². The van der Waals surface area contributed by atoms with Gasteiger partial charge >= 0.3 is 18.2 Å². The molecule has 5 nitrogen and oxygen atoms in total. The van der Waals surface area contributed by atoms with Gasteiger partial charge in [-0.3, -0.25) is 0 Å². The number of carbonyl (C=O) groups is 2. The van der Waals surface area contributed by atoms with Crippen LogP contribution in [0.3, 0.4) is 0 Å². The standard InChI is InChI=1S/C12H17F3N2O3/c13-12(14,15)8-3-1-5-16(7-8)11(20)17-6-2-4-9(17)10(18)19/h8-9H,1-7H2,(H,18,19)/t8?,9-/m0/s1. The number of nitrogens with zero attached hydrogens (tertiary/aromatic N) is 2. The van der Waals surface area contributed by atoms with Crippen molar-refractivity contribution >= 4 is 12.0 Å². The Morgan fingerprint density at radius 2 is 1.75 bits per heavy atom. The molecule has 2 atom stereocenters. The zero-order chi connectivity index (χ0) is 14.9. The molecule has 0 radical (unpaired) electrons. The lowest BCUT2D eigenvalue weighted by Crippen LogP contribution is -2.52. The monoisotopic (exact) mass is 294 g/mol. The number of amides is 2. The van der Waals surface area contributed by atoms with Crippen molar-refractivity contribution in [3.63, 3.8) is 0 Å². The number of hydrogen-bond donors (Lipinski definition) is 1. The molecular formula is C12H17F3N2O3. The molecule has 0 aromatic carbocycles. The van der Waals surface area contributed by atoms with Gasteiger partial charge in [0.1, 0.15) is 6.04 Å². The SMILES string of the molecule is O=C(O)[C@@H]1CCCN1C(=O)N1CCCC(C(F)(F)F)C1. The highest BCUT2D eigenvalue weighted by Crippen LogP contribution is 2.33. The summed E-state index contributed by atoms with van der Waals surface area (Å²) >= 11 is 0. The predicted molar refractivity (Wildman–Crippen MR) is 63.1 cm³/mol. The number of hydrogen-bond acceptors (Lipinski definition) is 2.